The van der Waals surface area contributed by atoms with E-state index in [-0.39, 0.29) is 0 Å². The Morgan fingerprint density at radius 2 is 1.35 bits per heavy atom. The van der Waals surface area contributed by atoms with Gasteiger partial charge in [-0.2, -0.15) is 0 Å². The lowest BCUT2D eigenvalue weighted by atomic mass is 10.2. The zero-order chi connectivity index (χ0) is 14.4. The SMILES string of the molecule is COC(OC)(OC(=O)c1ccccc1)c1ccccc1. The lowest BCUT2D eigenvalue weighted by Crippen LogP contribution is -2.36. The quantitative estimate of drug-likeness (QED) is 0.620. The van der Waals surface area contributed by atoms with Crippen molar-refractivity contribution in [2.75, 3.05) is 14.2 Å². The van der Waals surface area contributed by atoms with Crippen molar-refractivity contribution in [2.45, 2.75) is 5.97 Å². The molecule has 0 aliphatic rings. The number of hydrogen-bond donors (Lipinski definition) is 0. The van der Waals surface area contributed by atoms with E-state index in [1.165, 1.54) is 14.2 Å². The summed E-state index contributed by atoms with van der Waals surface area (Å²) in [6.45, 7) is 0. The van der Waals surface area contributed by atoms with E-state index < -0.39 is 11.9 Å². The normalized spacial score (nSPS) is 11.1. The van der Waals surface area contributed by atoms with Gasteiger partial charge in [0.05, 0.1) is 11.1 Å². The van der Waals surface area contributed by atoms with Gasteiger partial charge in [0.1, 0.15) is 0 Å². The molecule has 20 heavy (non-hydrogen) atoms. The average molecular weight is 272 g/mol. The lowest BCUT2D eigenvalue weighted by Gasteiger charge is -2.29. The van der Waals surface area contributed by atoms with Crippen LogP contribution >= 0.6 is 0 Å². The van der Waals surface area contributed by atoms with E-state index in [1.54, 1.807) is 36.4 Å². The molecular weight excluding hydrogens is 256 g/mol. The monoisotopic (exact) mass is 272 g/mol. The number of esters is 1. The average Bonchev–Trinajstić information content (AvgIpc) is 2.54. The topological polar surface area (TPSA) is 44.8 Å². The molecule has 4 nitrogen and oxygen atoms in total. The highest BCUT2D eigenvalue weighted by molar-refractivity contribution is 5.89. The lowest BCUT2D eigenvalue weighted by molar-refractivity contribution is -0.347. The minimum Gasteiger partial charge on any atom is -0.400 e. The fourth-order valence-electron chi connectivity index (χ4n) is 1.86. The van der Waals surface area contributed by atoms with Crippen molar-refractivity contribution in [2.24, 2.45) is 0 Å². The van der Waals surface area contributed by atoms with E-state index in [1.807, 2.05) is 24.3 Å². The van der Waals surface area contributed by atoms with Crippen molar-refractivity contribution in [1.82, 2.24) is 0 Å². The second-order valence-electron chi connectivity index (χ2n) is 4.09. The molecular formula is C16H16O4. The second-order valence-corrected chi connectivity index (χ2v) is 4.09. The molecule has 0 radical (unpaired) electrons. The molecule has 0 saturated heterocycles. The van der Waals surface area contributed by atoms with Gasteiger partial charge in [0.2, 0.25) is 0 Å². The molecule has 0 unspecified atom stereocenters. The van der Waals surface area contributed by atoms with Crippen LogP contribution in [0.15, 0.2) is 60.7 Å². The second kappa shape index (κ2) is 6.32. The van der Waals surface area contributed by atoms with Gasteiger partial charge in [0.25, 0.3) is 0 Å². The van der Waals surface area contributed by atoms with Crippen LogP contribution in [0, 0.1) is 0 Å². The zero-order valence-electron chi connectivity index (χ0n) is 11.4. The number of benzene rings is 2. The summed E-state index contributed by atoms with van der Waals surface area (Å²) >= 11 is 0. The van der Waals surface area contributed by atoms with Gasteiger partial charge >= 0.3 is 11.9 Å². The van der Waals surface area contributed by atoms with E-state index in [9.17, 15) is 4.79 Å². The fourth-order valence-corrected chi connectivity index (χ4v) is 1.86. The Morgan fingerprint density at radius 1 is 0.850 bits per heavy atom. The third-order valence-electron chi connectivity index (χ3n) is 2.90. The molecule has 104 valence electrons. The Bertz CT molecular complexity index is 547. The Morgan fingerprint density at radius 3 is 1.85 bits per heavy atom. The molecule has 0 aliphatic heterocycles. The molecule has 0 bridgehead atoms. The molecule has 0 spiro atoms. The maximum absolute atomic E-state index is 12.2. The highest BCUT2D eigenvalue weighted by Gasteiger charge is 2.37. The first-order valence-corrected chi connectivity index (χ1v) is 6.16. The van der Waals surface area contributed by atoms with Crippen molar-refractivity contribution in [1.29, 1.82) is 0 Å². The fraction of sp³-hybridized carbons (Fsp3) is 0.188. The summed E-state index contributed by atoms with van der Waals surface area (Å²) < 4.78 is 16.0. The molecule has 2 aromatic carbocycles. The summed E-state index contributed by atoms with van der Waals surface area (Å²) in [6, 6.07) is 17.7. The van der Waals surface area contributed by atoms with Gasteiger partial charge < -0.3 is 14.2 Å². The number of hydrogen-bond acceptors (Lipinski definition) is 4. The standard InChI is InChI=1S/C16H16O4/c1-18-16(19-2,14-11-7-4-8-12-14)20-15(17)13-9-5-3-6-10-13/h3-12H,1-2H3. The number of methoxy groups -OCH3 is 2. The molecule has 2 rings (SSSR count). The zero-order valence-corrected chi connectivity index (χ0v) is 11.4. The number of carbonyl (C=O) groups excluding carboxylic acids is 1. The summed E-state index contributed by atoms with van der Waals surface area (Å²) in [4.78, 5) is 12.2. The highest BCUT2D eigenvalue weighted by atomic mass is 16.9. The van der Waals surface area contributed by atoms with E-state index >= 15 is 0 Å². The first kappa shape index (κ1) is 14.2. The summed E-state index contributed by atoms with van der Waals surface area (Å²) in [5, 5.41) is 0. The Hall–Kier alpha value is -2.17. The third-order valence-corrected chi connectivity index (χ3v) is 2.90. The van der Waals surface area contributed by atoms with Crippen LogP contribution in [0.2, 0.25) is 0 Å². The van der Waals surface area contributed by atoms with Gasteiger partial charge in [-0.15, -0.1) is 0 Å². The van der Waals surface area contributed by atoms with Crippen LogP contribution in [-0.4, -0.2) is 20.2 Å². The molecule has 0 amide bonds. The van der Waals surface area contributed by atoms with Crippen LogP contribution in [0.3, 0.4) is 0 Å². The van der Waals surface area contributed by atoms with E-state index in [0.717, 1.165) is 0 Å². The number of carbonyl (C=O) groups is 1. The maximum Gasteiger partial charge on any atom is 0.358 e. The molecule has 0 N–H and O–H groups in total. The molecule has 4 heteroatoms. The number of ether oxygens (including phenoxy) is 3. The summed E-state index contributed by atoms with van der Waals surface area (Å²) in [6.07, 6.45) is 0. The molecule has 0 aliphatic carbocycles. The predicted molar refractivity (Wildman–Crippen MR) is 74.0 cm³/mol. The van der Waals surface area contributed by atoms with Gasteiger partial charge in [-0.05, 0) is 24.3 Å². The maximum atomic E-state index is 12.2. The summed E-state index contributed by atoms with van der Waals surface area (Å²) in [5.74, 6) is -2.06. The van der Waals surface area contributed by atoms with Crippen LogP contribution < -0.4 is 0 Å². The third kappa shape index (κ3) is 2.87. The largest absolute Gasteiger partial charge is 0.400 e. The van der Waals surface area contributed by atoms with E-state index in [0.29, 0.717) is 11.1 Å². The Labute approximate surface area is 117 Å². The van der Waals surface area contributed by atoms with Gasteiger partial charge in [-0.1, -0.05) is 36.4 Å². The van der Waals surface area contributed by atoms with Crippen LogP contribution in [0.5, 0.6) is 0 Å². The molecule has 0 saturated carbocycles. The van der Waals surface area contributed by atoms with Crippen LogP contribution in [0.4, 0.5) is 0 Å². The van der Waals surface area contributed by atoms with E-state index in [4.69, 9.17) is 14.2 Å². The van der Waals surface area contributed by atoms with Crippen molar-refractivity contribution in [3.05, 3.63) is 71.8 Å². The van der Waals surface area contributed by atoms with Gasteiger partial charge in [-0.3, -0.25) is 0 Å². The Balaban J connectivity index is 2.29. The smallest absolute Gasteiger partial charge is 0.358 e. The van der Waals surface area contributed by atoms with Gasteiger partial charge in [0.15, 0.2) is 0 Å². The predicted octanol–water partition coefficient (Wildman–Crippen LogP) is 2.95. The molecule has 2 aromatic rings. The van der Waals surface area contributed by atoms with E-state index in [2.05, 4.69) is 0 Å². The summed E-state index contributed by atoms with van der Waals surface area (Å²) in [5.41, 5.74) is 1.04. The van der Waals surface area contributed by atoms with Gasteiger partial charge in [0, 0.05) is 14.2 Å². The van der Waals surface area contributed by atoms with Crippen molar-refractivity contribution >= 4 is 5.97 Å². The first-order chi connectivity index (χ1) is 9.72. The van der Waals surface area contributed by atoms with Crippen LogP contribution in [0.25, 0.3) is 0 Å². The first-order valence-electron chi connectivity index (χ1n) is 6.16. The van der Waals surface area contributed by atoms with Crippen LogP contribution in [0.1, 0.15) is 15.9 Å². The van der Waals surface area contributed by atoms with Gasteiger partial charge in [-0.25, -0.2) is 4.79 Å². The minimum absolute atomic E-state index is 0.432. The van der Waals surface area contributed by atoms with Crippen LogP contribution in [-0.2, 0) is 20.2 Å². The molecule has 0 aromatic heterocycles. The molecule has 0 fully saturated rings. The molecule has 0 atom stereocenters. The van der Waals surface area contributed by atoms with Crippen molar-refractivity contribution in [3.8, 4) is 0 Å². The highest BCUT2D eigenvalue weighted by Crippen LogP contribution is 2.28. The van der Waals surface area contributed by atoms with Crippen molar-refractivity contribution < 1.29 is 19.0 Å². The molecule has 0 heterocycles. The Kier molecular flexibility index (Phi) is 4.50. The van der Waals surface area contributed by atoms with Crippen molar-refractivity contribution in [3.63, 3.8) is 0 Å². The summed E-state index contributed by atoms with van der Waals surface area (Å²) in [7, 11) is 2.85. The minimum atomic E-state index is -1.55. The number of rotatable bonds is 5.